The Morgan fingerprint density at radius 3 is 2.42 bits per heavy atom. The standard InChI is InChI=1S/C14H17F3O2/c1-2-3-4-5-6-9-19-14(18)10-7-8-11(15)13(17)12(10)16/h7-8H,2-6,9H2,1H3. The van der Waals surface area contributed by atoms with Crippen LogP contribution in [0.15, 0.2) is 12.1 Å². The molecule has 106 valence electrons. The summed E-state index contributed by atoms with van der Waals surface area (Å²) in [6, 6.07) is 1.59. The molecule has 0 atom stereocenters. The van der Waals surface area contributed by atoms with Crippen LogP contribution in [0.2, 0.25) is 0 Å². The van der Waals surface area contributed by atoms with Gasteiger partial charge >= 0.3 is 5.97 Å². The van der Waals surface area contributed by atoms with Crippen LogP contribution < -0.4 is 0 Å². The molecule has 1 aromatic carbocycles. The van der Waals surface area contributed by atoms with Crippen molar-refractivity contribution in [3.63, 3.8) is 0 Å². The summed E-state index contributed by atoms with van der Waals surface area (Å²) in [6.45, 7) is 2.24. The van der Waals surface area contributed by atoms with Gasteiger partial charge in [0.05, 0.1) is 12.2 Å². The molecule has 0 aliphatic carbocycles. The number of benzene rings is 1. The molecule has 2 nitrogen and oxygen atoms in total. The van der Waals surface area contributed by atoms with Crippen molar-refractivity contribution < 1.29 is 22.7 Å². The van der Waals surface area contributed by atoms with Crippen LogP contribution in [0.4, 0.5) is 13.2 Å². The Morgan fingerprint density at radius 2 is 1.74 bits per heavy atom. The van der Waals surface area contributed by atoms with E-state index in [9.17, 15) is 18.0 Å². The van der Waals surface area contributed by atoms with Crippen LogP contribution in [-0.4, -0.2) is 12.6 Å². The molecule has 1 aromatic rings. The minimum absolute atomic E-state index is 0.154. The van der Waals surface area contributed by atoms with E-state index < -0.39 is 29.0 Å². The molecule has 1 rings (SSSR count). The van der Waals surface area contributed by atoms with Gasteiger partial charge < -0.3 is 4.74 Å². The molecule has 0 aliphatic heterocycles. The number of halogens is 3. The quantitative estimate of drug-likeness (QED) is 0.422. The van der Waals surface area contributed by atoms with Crippen LogP contribution in [0.5, 0.6) is 0 Å². The van der Waals surface area contributed by atoms with Gasteiger partial charge in [-0.25, -0.2) is 18.0 Å². The van der Waals surface area contributed by atoms with Gasteiger partial charge in [-0.3, -0.25) is 0 Å². The second kappa shape index (κ2) is 7.81. The maximum atomic E-state index is 13.3. The van der Waals surface area contributed by atoms with Gasteiger partial charge in [-0.15, -0.1) is 0 Å². The summed E-state index contributed by atoms with van der Waals surface area (Å²) in [7, 11) is 0. The van der Waals surface area contributed by atoms with Gasteiger partial charge in [0.1, 0.15) is 0 Å². The van der Waals surface area contributed by atoms with E-state index in [1.165, 1.54) is 0 Å². The Kier molecular flexibility index (Phi) is 6.39. The molecule has 0 bridgehead atoms. The van der Waals surface area contributed by atoms with Crippen LogP contribution in [0.1, 0.15) is 49.4 Å². The molecule has 19 heavy (non-hydrogen) atoms. The first-order valence-corrected chi connectivity index (χ1v) is 6.38. The van der Waals surface area contributed by atoms with Crippen molar-refractivity contribution in [3.8, 4) is 0 Å². The molecule has 0 unspecified atom stereocenters. The SMILES string of the molecule is CCCCCCCOC(=O)c1ccc(F)c(F)c1F. The van der Waals surface area contributed by atoms with E-state index in [0.717, 1.165) is 31.7 Å². The van der Waals surface area contributed by atoms with E-state index in [1.807, 2.05) is 0 Å². The fraction of sp³-hybridized carbons (Fsp3) is 0.500. The summed E-state index contributed by atoms with van der Waals surface area (Å²) in [5.41, 5.74) is -0.576. The second-order valence-electron chi connectivity index (χ2n) is 4.27. The van der Waals surface area contributed by atoms with Crippen molar-refractivity contribution in [1.29, 1.82) is 0 Å². The van der Waals surface area contributed by atoms with Crippen molar-refractivity contribution in [1.82, 2.24) is 0 Å². The van der Waals surface area contributed by atoms with Gasteiger partial charge in [0.15, 0.2) is 17.5 Å². The van der Waals surface area contributed by atoms with Crippen LogP contribution in [0.25, 0.3) is 0 Å². The minimum Gasteiger partial charge on any atom is -0.462 e. The monoisotopic (exact) mass is 274 g/mol. The molecule has 0 saturated heterocycles. The normalized spacial score (nSPS) is 10.5. The summed E-state index contributed by atoms with van der Waals surface area (Å²) in [5, 5.41) is 0. The zero-order valence-electron chi connectivity index (χ0n) is 10.8. The number of carbonyl (C=O) groups is 1. The lowest BCUT2D eigenvalue weighted by Crippen LogP contribution is -2.10. The highest BCUT2D eigenvalue weighted by Gasteiger charge is 2.19. The Morgan fingerprint density at radius 1 is 1.05 bits per heavy atom. The third kappa shape index (κ3) is 4.58. The average molecular weight is 274 g/mol. The maximum Gasteiger partial charge on any atom is 0.341 e. The highest BCUT2D eigenvalue weighted by Crippen LogP contribution is 2.16. The van der Waals surface area contributed by atoms with Gasteiger partial charge in [0.2, 0.25) is 0 Å². The fourth-order valence-corrected chi connectivity index (χ4v) is 1.63. The Bertz CT molecular complexity index is 433. The van der Waals surface area contributed by atoms with E-state index in [0.29, 0.717) is 12.5 Å². The predicted octanol–water partition coefficient (Wildman–Crippen LogP) is 4.23. The van der Waals surface area contributed by atoms with Crippen molar-refractivity contribution in [3.05, 3.63) is 35.1 Å². The lowest BCUT2D eigenvalue weighted by molar-refractivity contribution is 0.0491. The van der Waals surface area contributed by atoms with Crippen LogP contribution in [0.3, 0.4) is 0 Å². The van der Waals surface area contributed by atoms with E-state index in [4.69, 9.17) is 4.74 Å². The van der Waals surface area contributed by atoms with Crippen LogP contribution >= 0.6 is 0 Å². The number of esters is 1. The lowest BCUT2D eigenvalue weighted by atomic mass is 10.1. The van der Waals surface area contributed by atoms with Gasteiger partial charge in [-0.05, 0) is 18.6 Å². The van der Waals surface area contributed by atoms with E-state index in [-0.39, 0.29) is 6.61 Å². The summed E-state index contributed by atoms with van der Waals surface area (Å²) in [6.07, 6.45) is 4.87. The number of unbranched alkanes of at least 4 members (excludes halogenated alkanes) is 4. The lowest BCUT2D eigenvalue weighted by Gasteiger charge is -2.06. The summed E-state index contributed by atoms with van der Waals surface area (Å²) in [4.78, 5) is 11.5. The fourth-order valence-electron chi connectivity index (χ4n) is 1.63. The van der Waals surface area contributed by atoms with E-state index >= 15 is 0 Å². The molecule has 0 saturated carbocycles. The van der Waals surface area contributed by atoms with Crippen LogP contribution in [-0.2, 0) is 4.74 Å². The molecule has 0 radical (unpaired) electrons. The van der Waals surface area contributed by atoms with E-state index in [2.05, 4.69) is 6.92 Å². The third-order valence-electron chi connectivity index (χ3n) is 2.74. The molecule has 0 heterocycles. The number of hydrogen-bond acceptors (Lipinski definition) is 2. The Hall–Kier alpha value is -1.52. The highest BCUT2D eigenvalue weighted by molar-refractivity contribution is 5.89. The Balaban J connectivity index is 2.44. The van der Waals surface area contributed by atoms with Gasteiger partial charge in [0, 0.05) is 0 Å². The zero-order chi connectivity index (χ0) is 14.3. The molecule has 0 fully saturated rings. The minimum atomic E-state index is -1.66. The molecule has 0 amide bonds. The number of carbonyl (C=O) groups excluding carboxylic acids is 1. The average Bonchev–Trinajstić information content (AvgIpc) is 2.40. The van der Waals surface area contributed by atoms with Crippen molar-refractivity contribution in [2.75, 3.05) is 6.61 Å². The number of rotatable bonds is 7. The topological polar surface area (TPSA) is 26.3 Å². The first-order chi connectivity index (χ1) is 9.07. The molecule has 0 N–H and O–H groups in total. The van der Waals surface area contributed by atoms with Gasteiger partial charge in [0.25, 0.3) is 0 Å². The first-order valence-electron chi connectivity index (χ1n) is 6.38. The van der Waals surface area contributed by atoms with Crippen LogP contribution in [0, 0.1) is 17.5 Å². The molecule has 0 spiro atoms. The Labute approximate surface area is 110 Å². The van der Waals surface area contributed by atoms with Gasteiger partial charge in [-0.1, -0.05) is 32.6 Å². The van der Waals surface area contributed by atoms with Gasteiger partial charge in [-0.2, -0.15) is 0 Å². The largest absolute Gasteiger partial charge is 0.462 e. The summed E-state index contributed by atoms with van der Waals surface area (Å²) in [5.74, 6) is -5.45. The van der Waals surface area contributed by atoms with Crippen molar-refractivity contribution in [2.24, 2.45) is 0 Å². The smallest absolute Gasteiger partial charge is 0.341 e. The van der Waals surface area contributed by atoms with E-state index in [1.54, 1.807) is 0 Å². The van der Waals surface area contributed by atoms with Crippen molar-refractivity contribution >= 4 is 5.97 Å². The molecule has 0 aromatic heterocycles. The molecular weight excluding hydrogens is 257 g/mol. The summed E-state index contributed by atoms with van der Waals surface area (Å²) >= 11 is 0. The molecule has 0 aliphatic rings. The first kappa shape index (κ1) is 15.5. The number of ether oxygens (including phenoxy) is 1. The predicted molar refractivity (Wildman–Crippen MR) is 65.4 cm³/mol. The summed E-state index contributed by atoms with van der Waals surface area (Å²) < 4.78 is 43.7. The zero-order valence-corrected chi connectivity index (χ0v) is 10.8. The maximum absolute atomic E-state index is 13.3. The number of hydrogen-bond donors (Lipinski definition) is 0. The highest BCUT2D eigenvalue weighted by atomic mass is 19.2. The molecule has 5 heteroatoms. The molecular formula is C14H17F3O2. The third-order valence-corrected chi connectivity index (χ3v) is 2.74. The second-order valence-corrected chi connectivity index (χ2v) is 4.27. The van der Waals surface area contributed by atoms with Crippen molar-refractivity contribution in [2.45, 2.75) is 39.0 Å².